The van der Waals surface area contributed by atoms with Crippen LogP contribution in [0.5, 0.6) is 0 Å². The van der Waals surface area contributed by atoms with Crippen LogP contribution in [0.4, 0.5) is 4.39 Å². The number of halogens is 3. The molecule has 3 aromatic rings. The predicted octanol–water partition coefficient (Wildman–Crippen LogP) is 4.44. The van der Waals surface area contributed by atoms with Gasteiger partial charge in [-0.2, -0.15) is 4.98 Å². The van der Waals surface area contributed by atoms with Crippen molar-refractivity contribution in [3.63, 3.8) is 0 Å². The van der Waals surface area contributed by atoms with Crippen molar-refractivity contribution in [2.45, 2.75) is 6.54 Å². The standard InChI is InChI=1S/C15H10Cl2FN3/c16-13-4-2-1-3-12(13)14-19-15(17)21(20-14)9-10-5-7-11(18)8-6-10/h1-8H,9H2. The lowest BCUT2D eigenvalue weighted by molar-refractivity contribution is 0.624. The Kier molecular flexibility index (Phi) is 3.90. The molecule has 0 unspecified atom stereocenters. The molecular weight excluding hydrogens is 312 g/mol. The first-order chi connectivity index (χ1) is 10.1. The molecule has 2 aromatic carbocycles. The molecule has 0 spiro atoms. The number of rotatable bonds is 3. The summed E-state index contributed by atoms with van der Waals surface area (Å²) in [5.41, 5.74) is 1.60. The third-order valence-electron chi connectivity index (χ3n) is 2.99. The first kappa shape index (κ1) is 14.0. The number of benzene rings is 2. The van der Waals surface area contributed by atoms with E-state index in [4.69, 9.17) is 23.2 Å². The van der Waals surface area contributed by atoms with Crippen molar-refractivity contribution in [1.82, 2.24) is 14.8 Å². The summed E-state index contributed by atoms with van der Waals surface area (Å²) in [6.45, 7) is 0.413. The molecule has 106 valence electrons. The summed E-state index contributed by atoms with van der Waals surface area (Å²) >= 11 is 12.2. The topological polar surface area (TPSA) is 30.7 Å². The van der Waals surface area contributed by atoms with Gasteiger partial charge in [0.05, 0.1) is 11.6 Å². The minimum absolute atomic E-state index is 0.259. The fourth-order valence-electron chi connectivity index (χ4n) is 1.94. The summed E-state index contributed by atoms with van der Waals surface area (Å²) in [5, 5.41) is 5.18. The molecule has 0 saturated carbocycles. The summed E-state index contributed by atoms with van der Waals surface area (Å²) in [6.07, 6.45) is 0. The van der Waals surface area contributed by atoms with Crippen LogP contribution in [0.25, 0.3) is 11.4 Å². The molecule has 1 aromatic heterocycles. The minimum atomic E-state index is -0.278. The first-order valence-electron chi connectivity index (χ1n) is 6.23. The molecule has 3 rings (SSSR count). The lowest BCUT2D eigenvalue weighted by Gasteiger charge is -2.02. The van der Waals surface area contributed by atoms with Gasteiger partial charge < -0.3 is 0 Å². The largest absolute Gasteiger partial charge is 0.231 e. The molecular formula is C15H10Cl2FN3. The van der Waals surface area contributed by atoms with Crippen molar-refractivity contribution < 1.29 is 4.39 Å². The van der Waals surface area contributed by atoms with E-state index in [9.17, 15) is 4.39 Å². The van der Waals surface area contributed by atoms with E-state index in [1.807, 2.05) is 18.2 Å². The van der Waals surface area contributed by atoms with Crippen LogP contribution in [0.2, 0.25) is 10.3 Å². The molecule has 0 amide bonds. The average molecular weight is 322 g/mol. The van der Waals surface area contributed by atoms with Crippen LogP contribution in [0, 0.1) is 5.82 Å². The first-order valence-corrected chi connectivity index (χ1v) is 6.99. The zero-order valence-corrected chi connectivity index (χ0v) is 12.3. The maximum absolute atomic E-state index is 12.9. The summed E-state index contributed by atoms with van der Waals surface area (Å²) in [7, 11) is 0. The highest BCUT2D eigenvalue weighted by atomic mass is 35.5. The van der Waals surface area contributed by atoms with E-state index in [1.54, 1.807) is 22.9 Å². The van der Waals surface area contributed by atoms with Crippen LogP contribution < -0.4 is 0 Å². The van der Waals surface area contributed by atoms with E-state index in [-0.39, 0.29) is 11.1 Å². The van der Waals surface area contributed by atoms with E-state index in [0.29, 0.717) is 17.4 Å². The van der Waals surface area contributed by atoms with Gasteiger partial charge in [-0.25, -0.2) is 9.07 Å². The third kappa shape index (κ3) is 3.06. The molecule has 0 bridgehead atoms. The number of aromatic nitrogens is 3. The van der Waals surface area contributed by atoms with Crippen molar-refractivity contribution in [3.8, 4) is 11.4 Å². The van der Waals surface area contributed by atoms with E-state index in [2.05, 4.69) is 10.1 Å². The van der Waals surface area contributed by atoms with Crippen molar-refractivity contribution in [2.75, 3.05) is 0 Å². The van der Waals surface area contributed by atoms with Gasteiger partial charge >= 0.3 is 0 Å². The molecule has 3 nitrogen and oxygen atoms in total. The molecule has 0 N–H and O–H groups in total. The Labute approximate surface area is 131 Å². The Morgan fingerprint density at radius 1 is 1.00 bits per heavy atom. The fraction of sp³-hybridized carbons (Fsp3) is 0.0667. The third-order valence-corrected chi connectivity index (χ3v) is 3.60. The van der Waals surface area contributed by atoms with E-state index in [0.717, 1.165) is 11.1 Å². The van der Waals surface area contributed by atoms with Gasteiger partial charge in [0.2, 0.25) is 5.28 Å². The van der Waals surface area contributed by atoms with Crippen LogP contribution in [0.3, 0.4) is 0 Å². The second kappa shape index (κ2) is 5.84. The summed E-state index contributed by atoms with van der Waals surface area (Å²) < 4.78 is 14.4. The molecule has 0 radical (unpaired) electrons. The number of nitrogens with zero attached hydrogens (tertiary/aromatic N) is 3. The molecule has 0 aliphatic rings. The van der Waals surface area contributed by atoms with Gasteiger partial charge in [-0.15, -0.1) is 5.10 Å². The number of hydrogen-bond donors (Lipinski definition) is 0. The molecule has 1 heterocycles. The normalized spacial score (nSPS) is 10.8. The van der Waals surface area contributed by atoms with Crippen LogP contribution in [0.15, 0.2) is 48.5 Å². The van der Waals surface area contributed by atoms with Gasteiger partial charge in [-0.3, -0.25) is 0 Å². The van der Waals surface area contributed by atoms with Gasteiger partial charge in [0.1, 0.15) is 5.82 Å². The number of hydrogen-bond acceptors (Lipinski definition) is 2. The SMILES string of the molecule is Fc1ccc(Cn2nc(-c3ccccc3Cl)nc2Cl)cc1. The summed E-state index contributed by atoms with van der Waals surface area (Å²) in [5.74, 6) is 0.188. The van der Waals surface area contributed by atoms with E-state index >= 15 is 0 Å². The predicted molar refractivity (Wildman–Crippen MR) is 81.0 cm³/mol. The van der Waals surface area contributed by atoms with E-state index < -0.39 is 0 Å². The molecule has 0 aliphatic heterocycles. The van der Waals surface area contributed by atoms with Crippen molar-refractivity contribution in [1.29, 1.82) is 0 Å². The van der Waals surface area contributed by atoms with Crippen molar-refractivity contribution >= 4 is 23.2 Å². The van der Waals surface area contributed by atoms with E-state index in [1.165, 1.54) is 12.1 Å². The molecule has 0 saturated heterocycles. The summed E-state index contributed by atoms with van der Waals surface area (Å²) in [6, 6.07) is 13.5. The Morgan fingerprint density at radius 3 is 2.43 bits per heavy atom. The van der Waals surface area contributed by atoms with Crippen LogP contribution >= 0.6 is 23.2 Å². The lowest BCUT2D eigenvalue weighted by Crippen LogP contribution is -2.02. The second-order valence-corrected chi connectivity index (χ2v) is 5.21. The lowest BCUT2D eigenvalue weighted by atomic mass is 10.2. The highest BCUT2D eigenvalue weighted by Gasteiger charge is 2.12. The maximum Gasteiger partial charge on any atom is 0.221 e. The Hall–Kier alpha value is -1.91. The van der Waals surface area contributed by atoms with Crippen LogP contribution in [-0.2, 0) is 6.54 Å². The zero-order valence-electron chi connectivity index (χ0n) is 10.8. The zero-order chi connectivity index (χ0) is 14.8. The Balaban J connectivity index is 1.91. The highest BCUT2D eigenvalue weighted by molar-refractivity contribution is 6.33. The second-order valence-electron chi connectivity index (χ2n) is 4.47. The molecule has 6 heteroatoms. The maximum atomic E-state index is 12.9. The average Bonchev–Trinajstić information content (AvgIpc) is 2.83. The minimum Gasteiger partial charge on any atom is -0.231 e. The van der Waals surface area contributed by atoms with Gasteiger partial charge in [0.25, 0.3) is 0 Å². The van der Waals surface area contributed by atoms with Crippen LogP contribution in [0.1, 0.15) is 5.56 Å². The van der Waals surface area contributed by atoms with Gasteiger partial charge in [-0.05, 0) is 41.4 Å². The van der Waals surface area contributed by atoms with Gasteiger partial charge in [0.15, 0.2) is 5.82 Å². The quantitative estimate of drug-likeness (QED) is 0.714. The Morgan fingerprint density at radius 2 is 1.71 bits per heavy atom. The highest BCUT2D eigenvalue weighted by Crippen LogP contribution is 2.26. The van der Waals surface area contributed by atoms with Gasteiger partial charge in [-0.1, -0.05) is 35.9 Å². The monoisotopic (exact) mass is 321 g/mol. The summed E-state index contributed by atoms with van der Waals surface area (Å²) in [4.78, 5) is 4.21. The van der Waals surface area contributed by atoms with Crippen molar-refractivity contribution in [3.05, 3.63) is 70.2 Å². The van der Waals surface area contributed by atoms with Gasteiger partial charge in [0, 0.05) is 5.56 Å². The molecule has 21 heavy (non-hydrogen) atoms. The fourth-order valence-corrected chi connectivity index (χ4v) is 2.34. The molecule has 0 aliphatic carbocycles. The Bertz CT molecular complexity index is 769. The smallest absolute Gasteiger partial charge is 0.221 e. The molecule has 0 fully saturated rings. The molecule has 0 atom stereocenters. The van der Waals surface area contributed by atoms with Crippen LogP contribution in [-0.4, -0.2) is 14.8 Å². The van der Waals surface area contributed by atoms with Crippen molar-refractivity contribution in [2.24, 2.45) is 0 Å².